The lowest BCUT2D eigenvalue weighted by atomic mass is 10.2. The second-order valence-electron chi connectivity index (χ2n) is 4.85. The maximum Gasteiger partial charge on any atom is 0.289 e. The van der Waals surface area contributed by atoms with E-state index in [4.69, 9.17) is 10.2 Å². The number of carbonyl (C=O) groups excluding carboxylic acids is 1. The predicted molar refractivity (Wildman–Crippen MR) is 70.4 cm³/mol. The number of amides is 1. The lowest BCUT2D eigenvalue weighted by molar-refractivity contribution is 0.0653. The smallest absolute Gasteiger partial charge is 0.289 e. The van der Waals surface area contributed by atoms with Crippen molar-refractivity contribution in [1.82, 2.24) is 4.90 Å². The van der Waals surface area contributed by atoms with Gasteiger partial charge >= 0.3 is 0 Å². The normalized spacial score (nSPS) is 16.1. The molecule has 1 aromatic heterocycles. The summed E-state index contributed by atoms with van der Waals surface area (Å²) < 4.78 is 5.55. The van der Waals surface area contributed by atoms with Gasteiger partial charge in [-0.3, -0.25) is 4.79 Å². The quantitative estimate of drug-likeness (QED) is 0.871. The van der Waals surface area contributed by atoms with E-state index in [0.717, 1.165) is 25.0 Å². The summed E-state index contributed by atoms with van der Waals surface area (Å²) in [6.45, 7) is 3.14. The van der Waals surface area contributed by atoms with E-state index in [1.54, 1.807) is 6.07 Å². The number of hydrogen-bond acceptors (Lipinski definition) is 3. The largest absolute Gasteiger partial charge is 0.456 e. The molecule has 0 atom stereocenters. The molecule has 18 heavy (non-hydrogen) atoms. The third-order valence-electron chi connectivity index (χ3n) is 3.62. The Kier molecular flexibility index (Phi) is 4.42. The highest BCUT2D eigenvalue weighted by Crippen LogP contribution is 2.25. The second kappa shape index (κ2) is 6.05. The molecule has 1 fully saturated rings. The molecule has 4 heteroatoms. The van der Waals surface area contributed by atoms with Gasteiger partial charge < -0.3 is 15.1 Å². The first-order chi connectivity index (χ1) is 8.76. The predicted octanol–water partition coefficient (Wildman–Crippen LogP) is 2.19. The molecular weight excluding hydrogens is 228 g/mol. The molecule has 0 saturated heterocycles. The zero-order chi connectivity index (χ0) is 13.0. The minimum Gasteiger partial charge on any atom is -0.456 e. The summed E-state index contributed by atoms with van der Waals surface area (Å²) in [5.41, 5.74) is 5.62. The highest BCUT2D eigenvalue weighted by Gasteiger charge is 2.28. The van der Waals surface area contributed by atoms with Crippen LogP contribution in [0.5, 0.6) is 0 Å². The Labute approximate surface area is 108 Å². The van der Waals surface area contributed by atoms with Crippen LogP contribution in [0.4, 0.5) is 0 Å². The Morgan fingerprint density at radius 3 is 2.72 bits per heavy atom. The molecule has 0 aliphatic heterocycles. The van der Waals surface area contributed by atoms with Gasteiger partial charge in [0.25, 0.3) is 5.91 Å². The summed E-state index contributed by atoms with van der Waals surface area (Å²) in [5.74, 6) is 1.30. The average Bonchev–Trinajstić information content (AvgIpc) is 3.05. The first kappa shape index (κ1) is 13.1. The minimum atomic E-state index is -0.00736. The van der Waals surface area contributed by atoms with Crippen LogP contribution in [0.2, 0.25) is 0 Å². The molecule has 1 saturated carbocycles. The number of hydrogen-bond donors (Lipinski definition) is 1. The van der Waals surface area contributed by atoms with Crippen LogP contribution in [0.25, 0.3) is 0 Å². The molecule has 100 valence electrons. The Morgan fingerprint density at radius 1 is 1.44 bits per heavy atom. The van der Waals surface area contributed by atoms with Crippen LogP contribution >= 0.6 is 0 Å². The summed E-state index contributed by atoms with van der Waals surface area (Å²) in [6, 6.07) is 4.00. The molecule has 4 nitrogen and oxygen atoms in total. The molecule has 1 heterocycles. The van der Waals surface area contributed by atoms with Gasteiger partial charge in [0, 0.05) is 25.6 Å². The molecular formula is C14H22N2O2. The maximum atomic E-state index is 12.4. The first-order valence-electron chi connectivity index (χ1n) is 6.86. The van der Waals surface area contributed by atoms with Crippen molar-refractivity contribution in [2.24, 2.45) is 5.73 Å². The van der Waals surface area contributed by atoms with E-state index in [0.29, 0.717) is 24.9 Å². The third kappa shape index (κ3) is 2.75. The molecule has 0 radical (unpaired) electrons. The summed E-state index contributed by atoms with van der Waals surface area (Å²) in [4.78, 5) is 14.3. The summed E-state index contributed by atoms with van der Waals surface area (Å²) in [5, 5.41) is 0. The second-order valence-corrected chi connectivity index (χ2v) is 4.85. The van der Waals surface area contributed by atoms with Gasteiger partial charge in [-0.15, -0.1) is 0 Å². The van der Waals surface area contributed by atoms with Crippen LogP contribution in [0.15, 0.2) is 16.5 Å². The number of carbonyl (C=O) groups is 1. The highest BCUT2D eigenvalue weighted by atomic mass is 16.4. The van der Waals surface area contributed by atoms with Gasteiger partial charge in [0.15, 0.2) is 5.76 Å². The lowest BCUT2D eigenvalue weighted by Crippen LogP contribution is -2.41. The van der Waals surface area contributed by atoms with Crippen molar-refractivity contribution >= 4 is 5.91 Å². The standard InChI is InChI=1S/C14H22N2O2/c1-2-12-7-8-13(18-12)14(17)16(10-9-15)11-5-3-4-6-11/h7-8,11H,2-6,9-10,15H2,1H3. The van der Waals surface area contributed by atoms with E-state index in [1.807, 2.05) is 17.9 Å². The van der Waals surface area contributed by atoms with Crippen LogP contribution < -0.4 is 5.73 Å². The Morgan fingerprint density at radius 2 is 2.17 bits per heavy atom. The zero-order valence-corrected chi connectivity index (χ0v) is 11.0. The molecule has 2 rings (SSSR count). The van der Waals surface area contributed by atoms with Crippen molar-refractivity contribution < 1.29 is 9.21 Å². The summed E-state index contributed by atoms with van der Waals surface area (Å²) >= 11 is 0. The van der Waals surface area contributed by atoms with Gasteiger partial charge in [-0.1, -0.05) is 19.8 Å². The fourth-order valence-electron chi connectivity index (χ4n) is 2.63. The topological polar surface area (TPSA) is 59.5 Å². The minimum absolute atomic E-state index is 0.00736. The van der Waals surface area contributed by atoms with Gasteiger partial charge in [0.2, 0.25) is 0 Å². The Bertz CT molecular complexity index is 394. The molecule has 0 aromatic carbocycles. The van der Waals surface area contributed by atoms with E-state index in [2.05, 4.69) is 0 Å². The Balaban J connectivity index is 2.11. The van der Waals surface area contributed by atoms with Gasteiger partial charge in [-0.2, -0.15) is 0 Å². The first-order valence-corrected chi connectivity index (χ1v) is 6.86. The van der Waals surface area contributed by atoms with Crippen molar-refractivity contribution in [1.29, 1.82) is 0 Å². The van der Waals surface area contributed by atoms with Gasteiger partial charge in [0.05, 0.1) is 0 Å². The van der Waals surface area contributed by atoms with Crippen molar-refractivity contribution in [3.8, 4) is 0 Å². The van der Waals surface area contributed by atoms with E-state index in [-0.39, 0.29) is 5.91 Å². The van der Waals surface area contributed by atoms with E-state index in [1.165, 1.54) is 12.8 Å². The van der Waals surface area contributed by atoms with E-state index < -0.39 is 0 Å². The fraction of sp³-hybridized carbons (Fsp3) is 0.643. The van der Waals surface area contributed by atoms with E-state index in [9.17, 15) is 4.79 Å². The van der Waals surface area contributed by atoms with E-state index >= 15 is 0 Å². The van der Waals surface area contributed by atoms with Crippen molar-refractivity contribution in [3.63, 3.8) is 0 Å². The van der Waals surface area contributed by atoms with Crippen LogP contribution in [0, 0.1) is 0 Å². The van der Waals surface area contributed by atoms with Crippen LogP contribution in [-0.4, -0.2) is 29.9 Å². The van der Waals surface area contributed by atoms with Crippen molar-refractivity contribution in [2.75, 3.05) is 13.1 Å². The molecule has 0 spiro atoms. The lowest BCUT2D eigenvalue weighted by Gasteiger charge is -2.27. The van der Waals surface area contributed by atoms with Crippen LogP contribution in [0.1, 0.15) is 48.9 Å². The maximum absolute atomic E-state index is 12.4. The molecule has 1 amide bonds. The number of nitrogens with two attached hydrogens (primary N) is 1. The SMILES string of the molecule is CCc1ccc(C(=O)N(CCN)C2CCCC2)o1. The molecule has 1 aliphatic carbocycles. The van der Waals surface area contributed by atoms with Crippen molar-refractivity contribution in [2.45, 2.75) is 45.1 Å². The number of nitrogens with zero attached hydrogens (tertiary/aromatic N) is 1. The van der Waals surface area contributed by atoms with Gasteiger partial charge in [0.1, 0.15) is 5.76 Å². The summed E-state index contributed by atoms with van der Waals surface area (Å²) in [7, 11) is 0. The number of aryl methyl sites for hydroxylation is 1. The highest BCUT2D eigenvalue weighted by molar-refractivity contribution is 5.91. The molecule has 1 aliphatic rings. The molecule has 0 bridgehead atoms. The van der Waals surface area contributed by atoms with Gasteiger partial charge in [-0.25, -0.2) is 0 Å². The number of rotatable bonds is 5. The van der Waals surface area contributed by atoms with Crippen LogP contribution in [0.3, 0.4) is 0 Å². The molecule has 0 unspecified atom stereocenters. The monoisotopic (exact) mass is 250 g/mol. The summed E-state index contributed by atoms with van der Waals surface area (Å²) in [6.07, 6.45) is 5.41. The third-order valence-corrected chi connectivity index (χ3v) is 3.62. The molecule has 1 aromatic rings. The van der Waals surface area contributed by atoms with Crippen molar-refractivity contribution in [3.05, 3.63) is 23.7 Å². The average molecular weight is 250 g/mol. The molecule has 2 N–H and O–H groups in total. The Hall–Kier alpha value is -1.29. The van der Waals surface area contributed by atoms with Crippen LogP contribution in [-0.2, 0) is 6.42 Å². The fourth-order valence-corrected chi connectivity index (χ4v) is 2.63. The number of furan rings is 1. The zero-order valence-electron chi connectivity index (χ0n) is 11.0. The van der Waals surface area contributed by atoms with Gasteiger partial charge in [-0.05, 0) is 25.0 Å².